The summed E-state index contributed by atoms with van der Waals surface area (Å²) >= 11 is 0. The van der Waals surface area contributed by atoms with Crippen molar-refractivity contribution in [1.29, 1.82) is 0 Å². The number of carbonyl (C=O) groups excluding carboxylic acids is 1. The van der Waals surface area contributed by atoms with E-state index in [0.29, 0.717) is 13.0 Å². The van der Waals surface area contributed by atoms with E-state index in [2.05, 4.69) is 4.85 Å². The number of carbonyl (C=O) groups is 1. The SMILES string of the molecule is [C-]#[N+]C1CCc2cc(/C=C/C(=O)OCC)ccc2O1. The minimum atomic E-state index is -0.367. The molecule has 0 saturated heterocycles. The zero-order valence-electron chi connectivity index (χ0n) is 10.8. The first-order chi connectivity index (χ1) is 9.22. The van der Waals surface area contributed by atoms with Crippen LogP contribution in [0.5, 0.6) is 5.75 Å². The number of ether oxygens (including phenoxy) is 2. The molecule has 2 rings (SSSR count). The number of fused-ring (bicyclic) bond motifs is 1. The molecule has 98 valence electrons. The maximum atomic E-state index is 11.2. The lowest BCUT2D eigenvalue weighted by molar-refractivity contribution is -0.137. The molecule has 1 aromatic rings. The molecule has 1 atom stereocenters. The maximum absolute atomic E-state index is 11.2. The average Bonchev–Trinajstić information content (AvgIpc) is 2.44. The van der Waals surface area contributed by atoms with Gasteiger partial charge in [0, 0.05) is 6.08 Å². The van der Waals surface area contributed by atoms with Crippen molar-refractivity contribution >= 4 is 12.0 Å². The van der Waals surface area contributed by atoms with Gasteiger partial charge >= 0.3 is 12.2 Å². The Morgan fingerprint density at radius 2 is 2.47 bits per heavy atom. The zero-order valence-corrected chi connectivity index (χ0v) is 10.8. The van der Waals surface area contributed by atoms with Gasteiger partial charge in [-0.25, -0.2) is 11.4 Å². The van der Waals surface area contributed by atoms with E-state index in [1.54, 1.807) is 13.0 Å². The van der Waals surface area contributed by atoms with Crippen LogP contribution in [0.1, 0.15) is 24.5 Å². The van der Waals surface area contributed by atoms with Gasteiger partial charge in [-0.1, -0.05) is 6.07 Å². The molecule has 4 heteroatoms. The lowest BCUT2D eigenvalue weighted by atomic mass is 10.0. The van der Waals surface area contributed by atoms with Gasteiger partial charge in [0.05, 0.1) is 13.0 Å². The van der Waals surface area contributed by atoms with Crippen LogP contribution in [0.2, 0.25) is 0 Å². The Morgan fingerprint density at radius 1 is 1.63 bits per heavy atom. The van der Waals surface area contributed by atoms with Gasteiger partial charge in [-0.05, 0) is 42.7 Å². The van der Waals surface area contributed by atoms with E-state index in [-0.39, 0.29) is 12.2 Å². The van der Waals surface area contributed by atoms with E-state index in [4.69, 9.17) is 16.0 Å². The monoisotopic (exact) mass is 257 g/mol. The zero-order chi connectivity index (χ0) is 13.7. The largest absolute Gasteiger partial charge is 0.463 e. The quantitative estimate of drug-likeness (QED) is 0.475. The van der Waals surface area contributed by atoms with Crippen molar-refractivity contribution in [3.63, 3.8) is 0 Å². The molecule has 0 fully saturated rings. The summed E-state index contributed by atoms with van der Waals surface area (Å²) in [5.41, 5.74) is 2.00. The average molecular weight is 257 g/mol. The standard InChI is InChI=1S/C15H15NO3/c1-3-18-15(17)9-5-11-4-7-13-12(10-11)6-8-14(16-2)19-13/h4-5,7,9-10,14H,3,6,8H2,1H3/b9-5+. The Bertz CT molecular complexity index is 543. The minimum absolute atomic E-state index is 0.343. The second-order valence-corrected chi connectivity index (χ2v) is 4.19. The van der Waals surface area contributed by atoms with Crippen molar-refractivity contribution < 1.29 is 14.3 Å². The summed E-state index contributed by atoms with van der Waals surface area (Å²) in [4.78, 5) is 14.6. The topological polar surface area (TPSA) is 39.9 Å². The fourth-order valence-electron chi connectivity index (χ4n) is 1.94. The van der Waals surface area contributed by atoms with Gasteiger partial charge in [-0.15, -0.1) is 0 Å². The predicted octanol–water partition coefficient (Wildman–Crippen LogP) is 2.83. The highest BCUT2D eigenvalue weighted by molar-refractivity contribution is 5.87. The van der Waals surface area contributed by atoms with E-state index in [1.165, 1.54) is 6.08 Å². The lowest BCUT2D eigenvalue weighted by Gasteiger charge is -2.18. The summed E-state index contributed by atoms with van der Waals surface area (Å²) in [6.07, 6.45) is 4.30. The molecule has 1 aromatic carbocycles. The minimum Gasteiger partial charge on any atom is -0.463 e. The summed E-state index contributed by atoms with van der Waals surface area (Å²) in [5.74, 6) is 0.421. The molecule has 1 heterocycles. The van der Waals surface area contributed by atoms with Crippen LogP contribution in [0.4, 0.5) is 0 Å². The Hall–Kier alpha value is -2.28. The molecule has 1 unspecified atom stereocenters. The molecule has 0 N–H and O–H groups in total. The number of esters is 1. The molecular weight excluding hydrogens is 242 g/mol. The van der Waals surface area contributed by atoms with Crippen LogP contribution < -0.4 is 4.74 Å². The first-order valence-corrected chi connectivity index (χ1v) is 6.24. The normalized spacial score (nSPS) is 17.4. The molecule has 1 aliphatic heterocycles. The van der Waals surface area contributed by atoms with Crippen LogP contribution in [0.25, 0.3) is 10.9 Å². The van der Waals surface area contributed by atoms with Crippen molar-refractivity contribution in [2.24, 2.45) is 0 Å². The van der Waals surface area contributed by atoms with Crippen molar-refractivity contribution in [3.8, 4) is 5.75 Å². The first kappa shape index (κ1) is 13.2. The Morgan fingerprint density at radius 3 is 3.21 bits per heavy atom. The summed E-state index contributed by atoms with van der Waals surface area (Å²) < 4.78 is 10.4. The highest BCUT2D eigenvalue weighted by Crippen LogP contribution is 2.29. The van der Waals surface area contributed by atoms with Crippen molar-refractivity contribution in [2.45, 2.75) is 26.0 Å². The number of aryl methyl sites for hydroxylation is 1. The number of rotatable bonds is 3. The molecule has 0 aliphatic carbocycles. The molecule has 1 aliphatic rings. The molecule has 0 saturated carbocycles. The van der Waals surface area contributed by atoms with Gasteiger partial charge in [0.2, 0.25) is 0 Å². The molecule has 0 spiro atoms. The smallest absolute Gasteiger partial charge is 0.366 e. The second-order valence-electron chi connectivity index (χ2n) is 4.19. The fourth-order valence-corrected chi connectivity index (χ4v) is 1.94. The van der Waals surface area contributed by atoms with Gasteiger partial charge < -0.3 is 9.47 Å². The molecule has 0 amide bonds. The maximum Gasteiger partial charge on any atom is 0.366 e. The summed E-state index contributed by atoms with van der Waals surface area (Å²) in [7, 11) is 0. The molecule has 0 bridgehead atoms. The van der Waals surface area contributed by atoms with E-state index < -0.39 is 0 Å². The summed E-state index contributed by atoms with van der Waals surface area (Å²) in [5, 5.41) is 0. The Kier molecular flexibility index (Phi) is 4.19. The van der Waals surface area contributed by atoms with E-state index >= 15 is 0 Å². The molecule has 0 aromatic heterocycles. The third-order valence-electron chi connectivity index (χ3n) is 2.85. The lowest BCUT2D eigenvalue weighted by Crippen LogP contribution is -2.18. The van der Waals surface area contributed by atoms with Gasteiger partial charge in [0.1, 0.15) is 5.75 Å². The molecule has 19 heavy (non-hydrogen) atoms. The van der Waals surface area contributed by atoms with E-state index in [0.717, 1.165) is 23.3 Å². The van der Waals surface area contributed by atoms with Gasteiger partial charge in [0.15, 0.2) is 0 Å². The Balaban J connectivity index is 2.10. The molecular formula is C15H15NO3. The predicted molar refractivity (Wildman–Crippen MR) is 71.4 cm³/mol. The molecule has 0 radical (unpaired) electrons. The van der Waals surface area contributed by atoms with Crippen molar-refractivity contribution in [2.75, 3.05) is 6.61 Å². The van der Waals surface area contributed by atoms with Crippen LogP contribution in [0.3, 0.4) is 0 Å². The second kappa shape index (κ2) is 6.05. The highest BCUT2D eigenvalue weighted by atomic mass is 16.5. The van der Waals surface area contributed by atoms with Gasteiger partial charge in [0.25, 0.3) is 0 Å². The fraction of sp³-hybridized carbons (Fsp3) is 0.333. The Labute approximate surface area is 112 Å². The van der Waals surface area contributed by atoms with Crippen molar-refractivity contribution in [1.82, 2.24) is 0 Å². The molecule has 4 nitrogen and oxygen atoms in total. The third-order valence-corrected chi connectivity index (χ3v) is 2.85. The van der Waals surface area contributed by atoms with Crippen LogP contribution in [0.15, 0.2) is 24.3 Å². The first-order valence-electron chi connectivity index (χ1n) is 6.24. The van der Waals surface area contributed by atoms with E-state index in [9.17, 15) is 4.79 Å². The summed E-state index contributed by atoms with van der Waals surface area (Å²) in [6, 6.07) is 5.68. The summed E-state index contributed by atoms with van der Waals surface area (Å²) in [6.45, 7) is 9.12. The number of benzene rings is 1. The highest BCUT2D eigenvalue weighted by Gasteiger charge is 2.22. The van der Waals surface area contributed by atoms with Crippen LogP contribution in [-0.2, 0) is 16.0 Å². The number of hydrogen-bond acceptors (Lipinski definition) is 3. The van der Waals surface area contributed by atoms with E-state index in [1.807, 2.05) is 18.2 Å². The van der Waals surface area contributed by atoms with Gasteiger partial charge in [-0.3, -0.25) is 4.85 Å². The van der Waals surface area contributed by atoms with Crippen molar-refractivity contribution in [3.05, 3.63) is 46.8 Å². The van der Waals surface area contributed by atoms with Crippen LogP contribution in [-0.4, -0.2) is 18.8 Å². The van der Waals surface area contributed by atoms with Gasteiger partial charge in [-0.2, -0.15) is 0 Å². The van der Waals surface area contributed by atoms with Crippen LogP contribution in [0, 0.1) is 6.57 Å². The number of nitrogens with zero attached hydrogens (tertiary/aromatic N) is 1. The third kappa shape index (κ3) is 3.35. The number of hydrogen-bond donors (Lipinski definition) is 0. The van der Waals surface area contributed by atoms with Crippen LogP contribution >= 0.6 is 0 Å².